The fourth-order valence-corrected chi connectivity index (χ4v) is 2.51. The van der Waals surface area contributed by atoms with Gasteiger partial charge < -0.3 is 15.4 Å². The van der Waals surface area contributed by atoms with Gasteiger partial charge in [0.25, 0.3) is 0 Å². The number of morpholine rings is 1. The zero-order chi connectivity index (χ0) is 16.8. The molecule has 1 aliphatic rings. The summed E-state index contributed by atoms with van der Waals surface area (Å²) in [6.45, 7) is 4.53. The summed E-state index contributed by atoms with van der Waals surface area (Å²) in [4.78, 5) is 8.10. The van der Waals surface area contributed by atoms with E-state index in [1.807, 2.05) is 19.1 Å². The second-order valence-electron chi connectivity index (χ2n) is 5.60. The van der Waals surface area contributed by atoms with Crippen LogP contribution in [-0.4, -0.2) is 46.0 Å². The van der Waals surface area contributed by atoms with Gasteiger partial charge in [0.05, 0.1) is 30.8 Å². The lowest BCUT2D eigenvalue weighted by molar-refractivity contribution is 0.0238. The summed E-state index contributed by atoms with van der Waals surface area (Å²) in [5.74, 6) is 1.13. The lowest BCUT2D eigenvalue weighted by Gasteiger charge is -2.23. The van der Waals surface area contributed by atoms with Crippen molar-refractivity contribution >= 4 is 11.6 Å². The van der Waals surface area contributed by atoms with Gasteiger partial charge in [-0.3, -0.25) is 0 Å². The van der Waals surface area contributed by atoms with Crippen molar-refractivity contribution in [3.8, 4) is 6.07 Å². The minimum atomic E-state index is 0.243. The molecular weight excluding hydrogens is 306 g/mol. The van der Waals surface area contributed by atoms with Gasteiger partial charge in [0.1, 0.15) is 11.9 Å². The molecule has 1 aliphatic heterocycles. The van der Waals surface area contributed by atoms with Crippen LogP contribution in [0.3, 0.4) is 0 Å². The van der Waals surface area contributed by atoms with E-state index in [1.54, 1.807) is 0 Å². The average molecular weight is 325 g/mol. The van der Waals surface area contributed by atoms with Gasteiger partial charge in [0.15, 0.2) is 11.5 Å². The number of aryl methyl sites for hydroxylation is 2. The van der Waals surface area contributed by atoms with E-state index in [9.17, 15) is 0 Å². The maximum Gasteiger partial charge on any atom is 0.158 e. The summed E-state index contributed by atoms with van der Waals surface area (Å²) in [6, 6.07) is 3.91. The molecule has 1 saturated heterocycles. The van der Waals surface area contributed by atoms with Gasteiger partial charge in [-0.25, -0.2) is 9.97 Å². The molecule has 8 nitrogen and oxygen atoms in total. The van der Waals surface area contributed by atoms with Crippen molar-refractivity contribution in [2.45, 2.75) is 25.9 Å². The number of hydrogen-bond acceptors (Lipinski definition) is 8. The number of nitrogens with zero attached hydrogens (tertiary/aromatic N) is 5. The van der Waals surface area contributed by atoms with Crippen LogP contribution in [0, 0.1) is 18.3 Å². The average Bonchev–Trinajstić information content (AvgIpc) is 2.63. The Morgan fingerprint density at radius 1 is 1.33 bits per heavy atom. The van der Waals surface area contributed by atoms with E-state index in [0.29, 0.717) is 11.6 Å². The molecule has 1 unspecified atom stereocenters. The van der Waals surface area contributed by atoms with E-state index >= 15 is 0 Å². The standard InChI is InChI=1S/C16H19N7O/c1-11-12(2-3-14-9-18-4-5-24-14)6-15(23-22-11)21-16-10-19-13(7-17)8-20-16/h6,8,10,14,18H,2-5,9H2,1H3,(H,20,21,23). The Labute approximate surface area is 140 Å². The van der Waals surface area contributed by atoms with Gasteiger partial charge in [-0.05, 0) is 31.4 Å². The highest BCUT2D eigenvalue weighted by Gasteiger charge is 2.14. The largest absolute Gasteiger partial charge is 0.376 e. The van der Waals surface area contributed by atoms with Crippen molar-refractivity contribution in [1.29, 1.82) is 5.26 Å². The Balaban J connectivity index is 1.65. The fourth-order valence-electron chi connectivity index (χ4n) is 2.51. The molecule has 0 spiro atoms. The maximum atomic E-state index is 8.74. The van der Waals surface area contributed by atoms with E-state index in [4.69, 9.17) is 10.00 Å². The first-order valence-electron chi connectivity index (χ1n) is 7.89. The second kappa shape index (κ2) is 7.77. The Morgan fingerprint density at radius 3 is 2.96 bits per heavy atom. The van der Waals surface area contributed by atoms with Crippen LogP contribution in [0.5, 0.6) is 0 Å². The zero-order valence-electron chi connectivity index (χ0n) is 13.5. The van der Waals surface area contributed by atoms with Crippen LogP contribution in [0.25, 0.3) is 0 Å². The van der Waals surface area contributed by atoms with Gasteiger partial charge in [-0.2, -0.15) is 10.4 Å². The van der Waals surface area contributed by atoms with E-state index < -0.39 is 0 Å². The molecule has 0 bridgehead atoms. The SMILES string of the molecule is Cc1nnc(Nc2cnc(C#N)cn2)cc1CCC1CNCCO1. The fraction of sp³-hybridized carbons (Fsp3) is 0.438. The van der Waals surface area contributed by atoms with Crippen molar-refractivity contribution in [3.05, 3.63) is 35.4 Å². The molecule has 2 N–H and O–H groups in total. The van der Waals surface area contributed by atoms with Crippen LogP contribution in [0.1, 0.15) is 23.4 Å². The molecule has 0 radical (unpaired) electrons. The van der Waals surface area contributed by atoms with Crippen molar-refractivity contribution in [1.82, 2.24) is 25.5 Å². The van der Waals surface area contributed by atoms with Crippen LogP contribution in [0.4, 0.5) is 11.6 Å². The van der Waals surface area contributed by atoms with Crippen LogP contribution in [0.15, 0.2) is 18.5 Å². The summed E-state index contributed by atoms with van der Waals surface area (Å²) in [5.41, 5.74) is 2.32. The van der Waals surface area contributed by atoms with Gasteiger partial charge in [0.2, 0.25) is 0 Å². The Morgan fingerprint density at radius 2 is 2.25 bits per heavy atom. The number of nitrogens with one attached hydrogen (secondary N) is 2. The third-order valence-corrected chi connectivity index (χ3v) is 3.85. The molecule has 3 rings (SSSR count). The highest BCUT2D eigenvalue weighted by atomic mass is 16.5. The van der Waals surface area contributed by atoms with Crippen LogP contribution in [-0.2, 0) is 11.2 Å². The smallest absolute Gasteiger partial charge is 0.158 e. The van der Waals surface area contributed by atoms with Crippen LogP contribution < -0.4 is 10.6 Å². The predicted molar refractivity (Wildman–Crippen MR) is 87.7 cm³/mol. The lowest BCUT2D eigenvalue weighted by atomic mass is 10.1. The van der Waals surface area contributed by atoms with Gasteiger partial charge in [-0.1, -0.05) is 0 Å². The molecule has 24 heavy (non-hydrogen) atoms. The van der Waals surface area contributed by atoms with E-state index in [2.05, 4.69) is 30.8 Å². The molecule has 0 aliphatic carbocycles. The molecule has 2 aromatic heterocycles. The maximum absolute atomic E-state index is 8.74. The molecule has 124 valence electrons. The number of nitriles is 1. The highest BCUT2D eigenvalue weighted by Crippen LogP contribution is 2.17. The van der Waals surface area contributed by atoms with Crippen molar-refractivity contribution in [2.24, 2.45) is 0 Å². The van der Waals surface area contributed by atoms with Crippen molar-refractivity contribution in [2.75, 3.05) is 25.0 Å². The van der Waals surface area contributed by atoms with Crippen LogP contribution >= 0.6 is 0 Å². The summed E-state index contributed by atoms with van der Waals surface area (Å²) in [6.07, 6.45) is 4.98. The van der Waals surface area contributed by atoms with Crippen molar-refractivity contribution in [3.63, 3.8) is 0 Å². The minimum Gasteiger partial charge on any atom is -0.376 e. The third-order valence-electron chi connectivity index (χ3n) is 3.85. The number of hydrogen-bond donors (Lipinski definition) is 2. The summed E-state index contributed by atoms with van der Waals surface area (Å²) in [5, 5.41) is 23.5. The topological polar surface area (TPSA) is 109 Å². The molecule has 1 fully saturated rings. The van der Waals surface area contributed by atoms with Gasteiger partial charge >= 0.3 is 0 Å². The number of aromatic nitrogens is 4. The molecule has 0 amide bonds. The number of anilines is 2. The monoisotopic (exact) mass is 325 g/mol. The summed E-state index contributed by atoms with van der Waals surface area (Å²) in [7, 11) is 0. The van der Waals surface area contributed by atoms with Crippen molar-refractivity contribution < 1.29 is 4.74 Å². The summed E-state index contributed by atoms with van der Waals surface area (Å²) < 4.78 is 5.73. The first kappa shape index (κ1) is 16.2. The van der Waals surface area contributed by atoms with E-state index in [0.717, 1.165) is 43.8 Å². The van der Waals surface area contributed by atoms with Gasteiger partial charge in [-0.15, -0.1) is 5.10 Å². The Bertz CT molecular complexity index is 720. The molecule has 3 heterocycles. The second-order valence-corrected chi connectivity index (χ2v) is 5.60. The quantitative estimate of drug-likeness (QED) is 0.841. The molecule has 0 aromatic carbocycles. The zero-order valence-corrected chi connectivity index (χ0v) is 13.5. The first-order chi connectivity index (χ1) is 11.7. The Hall–Kier alpha value is -2.63. The highest BCUT2D eigenvalue weighted by molar-refractivity contribution is 5.51. The lowest BCUT2D eigenvalue weighted by Crippen LogP contribution is -2.38. The van der Waals surface area contributed by atoms with Gasteiger partial charge in [0, 0.05) is 13.1 Å². The minimum absolute atomic E-state index is 0.243. The molecular formula is C16H19N7O. The Kier molecular flexibility index (Phi) is 5.25. The molecule has 0 saturated carbocycles. The molecule has 1 atom stereocenters. The van der Waals surface area contributed by atoms with Crippen LogP contribution in [0.2, 0.25) is 0 Å². The number of ether oxygens (including phenoxy) is 1. The first-order valence-corrected chi connectivity index (χ1v) is 7.89. The normalized spacial score (nSPS) is 17.2. The third kappa shape index (κ3) is 4.22. The number of rotatable bonds is 5. The summed E-state index contributed by atoms with van der Waals surface area (Å²) >= 11 is 0. The van der Waals surface area contributed by atoms with E-state index in [1.165, 1.54) is 12.4 Å². The molecule has 8 heteroatoms. The molecule has 2 aromatic rings. The van der Waals surface area contributed by atoms with E-state index in [-0.39, 0.29) is 11.8 Å². The predicted octanol–water partition coefficient (Wildman–Crippen LogP) is 1.11.